The predicted octanol–water partition coefficient (Wildman–Crippen LogP) is 2.79. The molecular weight excluding hydrogens is 226 g/mol. The monoisotopic (exact) mass is 247 g/mol. The van der Waals surface area contributed by atoms with Gasteiger partial charge in [0.25, 0.3) is 0 Å². The van der Waals surface area contributed by atoms with Crippen molar-refractivity contribution in [3.8, 4) is 0 Å². The number of benzene rings is 1. The van der Waals surface area contributed by atoms with Crippen LogP contribution in [0.5, 0.6) is 0 Å². The van der Waals surface area contributed by atoms with E-state index in [-0.39, 0.29) is 12.1 Å². The summed E-state index contributed by atoms with van der Waals surface area (Å²) in [6.45, 7) is 3.44. The van der Waals surface area contributed by atoms with Gasteiger partial charge in [0, 0.05) is 6.61 Å². The minimum absolute atomic E-state index is 0.0934. The maximum Gasteiger partial charge on any atom is 0.101 e. The fraction of sp³-hybridized carbons (Fsp3) is 0.467. The standard InChI is InChI=1S/C15H21NO2/c1-2-18-15(12-7-4-3-5-8-12)14(16)13-9-6-10-17-11-13/h3-5,7-8,11,14-15H,2,6,9-10,16H2,1H3. The summed E-state index contributed by atoms with van der Waals surface area (Å²) in [5, 5.41) is 0. The van der Waals surface area contributed by atoms with Crippen LogP contribution in [0.4, 0.5) is 0 Å². The largest absolute Gasteiger partial charge is 0.501 e. The molecule has 2 rings (SSSR count). The summed E-state index contributed by atoms with van der Waals surface area (Å²) in [5.74, 6) is 0. The van der Waals surface area contributed by atoms with Crippen molar-refractivity contribution in [3.63, 3.8) is 0 Å². The maximum atomic E-state index is 6.34. The molecule has 2 atom stereocenters. The van der Waals surface area contributed by atoms with Crippen molar-refractivity contribution in [1.82, 2.24) is 0 Å². The van der Waals surface area contributed by atoms with Crippen LogP contribution in [0.2, 0.25) is 0 Å². The molecule has 0 saturated carbocycles. The lowest BCUT2D eigenvalue weighted by molar-refractivity contribution is 0.0482. The van der Waals surface area contributed by atoms with Gasteiger partial charge >= 0.3 is 0 Å². The van der Waals surface area contributed by atoms with E-state index in [9.17, 15) is 0 Å². The van der Waals surface area contributed by atoms with Crippen molar-refractivity contribution in [2.45, 2.75) is 31.9 Å². The highest BCUT2D eigenvalue weighted by Gasteiger charge is 2.24. The van der Waals surface area contributed by atoms with Gasteiger partial charge in [-0.25, -0.2) is 0 Å². The zero-order chi connectivity index (χ0) is 12.8. The van der Waals surface area contributed by atoms with Crippen LogP contribution in [0.1, 0.15) is 31.4 Å². The molecule has 0 aromatic heterocycles. The number of ether oxygens (including phenoxy) is 2. The van der Waals surface area contributed by atoms with E-state index in [4.69, 9.17) is 15.2 Å². The van der Waals surface area contributed by atoms with Crippen LogP contribution in [0.15, 0.2) is 42.2 Å². The lowest BCUT2D eigenvalue weighted by Crippen LogP contribution is -2.33. The molecule has 0 amide bonds. The fourth-order valence-corrected chi connectivity index (χ4v) is 2.25. The molecule has 98 valence electrons. The molecule has 1 aliphatic heterocycles. The van der Waals surface area contributed by atoms with E-state index in [1.807, 2.05) is 31.4 Å². The lowest BCUT2D eigenvalue weighted by atomic mass is 9.93. The summed E-state index contributed by atoms with van der Waals surface area (Å²) < 4.78 is 11.2. The Morgan fingerprint density at radius 3 is 2.72 bits per heavy atom. The van der Waals surface area contributed by atoms with Gasteiger partial charge in [0.05, 0.1) is 18.9 Å². The van der Waals surface area contributed by atoms with Crippen molar-refractivity contribution in [1.29, 1.82) is 0 Å². The van der Waals surface area contributed by atoms with Crippen molar-refractivity contribution in [2.75, 3.05) is 13.2 Å². The van der Waals surface area contributed by atoms with E-state index < -0.39 is 0 Å². The second-order valence-electron chi connectivity index (χ2n) is 4.48. The topological polar surface area (TPSA) is 44.5 Å². The minimum Gasteiger partial charge on any atom is -0.501 e. The Balaban J connectivity index is 2.16. The number of hydrogen-bond acceptors (Lipinski definition) is 3. The smallest absolute Gasteiger partial charge is 0.101 e. The van der Waals surface area contributed by atoms with Crippen LogP contribution in [-0.4, -0.2) is 19.3 Å². The molecule has 0 aliphatic carbocycles. The first-order valence-electron chi connectivity index (χ1n) is 6.55. The Bertz CT molecular complexity index is 389. The number of hydrogen-bond donors (Lipinski definition) is 1. The van der Waals surface area contributed by atoms with Crippen molar-refractivity contribution >= 4 is 0 Å². The first-order chi connectivity index (χ1) is 8.83. The van der Waals surface area contributed by atoms with Gasteiger partial charge in [-0.15, -0.1) is 0 Å². The molecule has 0 fully saturated rings. The Morgan fingerprint density at radius 1 is 1.33 bits per heavy atom. The van der Waals surface area contributed by atoms with E-state index in [2.05, 4.69) is 12.1 Å². The average Bonchev–Trinajstić information content (AvgIpc) is 2.46. The quantitative estimate of drug-likeness (QED) is 0.870. The highest BCUT2D eigenvalue weighted by atomic mass is 16.5. The summed E-state index contributed by atoms with van der Waals surface area (Å²) in [4.78, 5) is 0. The summed E-state index contributed by atoms with van der Waals surface area (Å²) in [5.41, 5.74) is 8.60. The summed E-state index contributed by atoms with van der Waals surface area (Å²) in [6.07, 6.45) is 3.75. The lowest BCUT2D eigenvalue weighted by Gasteiger charge is -2.27. The van der Waals surface area contributed by atoms with E-state index >= 15 is 0 Å². The third kappa shape index (κ3) is 3.12. The van der Waals surface area contributed by atoms with Gasteiger partial charge in [-0.2, -0.15) is 0 Å². The fourth-order valence-electron chi connectivity index (χ4n) is 2.25. The van der Waals surface area contributed by atoms with Crippen molar-refractivity contribution in [2.24, 2.45) is 5.73 Å². The molecule has 0 saturated heterocycles. The van der Waals surface area contributed by atoms with Gasteiger partial charge in [-0.3, -0.25) is 0 Å². The second-order valence-corrected chi connectivity index (χ2v) is 4.48. The van der Waals surface area contributed by atoms with Crippen LogP contribution >= 0.6 is 0 Å². The molecule has 2 N–H and O–H groups in total. The van der Waals surface area contributed by atoms with E-state index in [0.717, 1.165) is 30.6 Å². The molecule has 1 aliphatic rings. The molecule has 0 radical (unpaired) electrons. The van der Waals surface area contributed by atoms with Gasteiger partial charge in [0.2, 0.25) is 0 Å². The van der Waals surface area contributed by atoms with E-state index in [0.29, 0.717) is 6.61 Å². The molecule has 1 heterocycles. The van der Waals surface area contributed by atoms with Crippen LogP contribution in [-0.2, 0) is 9.47 Å². The number of nitrogens with two attached hydrogens (primary N) is 1. The highest BCUT2D eigenvalue weighted by Crippen LogP contribution is 2.27. The zero-order valence-electron chi connectivity index (χ0n) is 10.8. The molecule has 18 heavy (non-hydrogen) atoms. The van der Waals surface area contributed by atoms with Crippen LogP contribution in [0.25, 0.3) is 0 Å². The third-order valence-corrected chi connectivity index (χ3v) is 3.19. The van der Waals surface area contributed by atoms with Gasteiger partial charge < -0.3 is 15.2 Å². The van der Waals surface area contributed by atoms with Gasteiger partial charge in [-0.05, 0) is 30.9 Å². The zero-order valence-corrected chi connectivity index (χ0v) is 10.8. The Hall–Kier alpha value is -1.32. The second kappa shape index (κ2) is 6.57. The molecule has 3 heteroatoms. The maximum absolute atomic E-state index is 6.34. The normalized spacial score (nSPS) is 18.7. The molecular formula is C15H21NO2. The molecule has 1 aromatic carbocycles. The van der Waals surface area contributed by atoms with Crippen LogP contribution in [0.3, 0.4) is 0 Å². The summed E-state index contributed by atoms with van der Waals surface area (Å²) in [6, 6.07) is 10.0. The van der Waals surface area contributed by atoms with E-state index in [1.54, 1.807) is 0 Å². The Kier molecular flexibility index (Phi) is 4.79. The van der Waals surface area contributed by atoms with Gasteiger partial charge in [0.1, 0.15) is 6.10 Å². The van der Waals surface area contributed by atoms with Crippen LogP contribution in [0, 0.1) is 0 Å². The van der Waals surface area contributed by atoms with Crippen molar-refractivity contribution in [3.05, 3.63) is 47.7 Å². The number of rotatable bonds is 5. The minimum atomic E-state index is -0.132. The molecule has 3 nitrogen and oxygen atoms in total. The predicted molar refractivity (Wildman–Crippen MR) is 72.1 cm³/mol. The Morgan fingerprint density at radius 2 is 2.11 bits per heavy atom. The average molecular weight is 247 g/mol. The summed E-state index contributed by atoms with van der Waals surface area (Å²) in [7, 11) is 0. The van der Waals surface area contributed by atoms with E-state index in [1.165, 1.54) is 0 Å². The molecule has 1 aromatic rings. The molecule has 2 unspecified atom stereocenters. The first-order valence-corrected chi connectivity index (χ1v) is 6.55. The van der Waals surface area contributed by atoms with Gasteiger partial charge in [0.15, 0.2) is 0 Å². The van der Waals surface area contributed by atoms with Gasteiger partial charge in [-0.1, -0.05) is 30.3 Å². The van der Waals surface area contributed by atoms with Crippen LogP contribution < -0.4 is 5.73 Å². The van der Waals surface area contributed by atoms with Crippen molar-refractivity contribution < 1.29 is 9.47 Å². The molecule has 0 bridgehead atoms. The first kappa shape index (κ1) is 13.1. The Labute approximate surface area is 109 Å². The SMILES string of the molecule is CCOC(c1ccccc1)C(N)C1=COCCC1. The third-order valence-electron chi connectivity index (χ3n) is 3.19. The highest BCUT2D eigenvalue weighted by molar-refractivity contribution is 5.24. The molecule has 0 spiro atoms. The summed E-state index contributed by atoms with van der Waals surface area (Å²) >= 11 is 0.